The summed E-state index contributed by atoms with van der Waals surface area (Å²) in [6, 6.07) is 2.04. The Kier molecular flexibility index (Phi) is 4.96. The van der Waals surface area contributed by atoms with Gasteiger partial charge in [0.1, 0.15) is 0 Å². The van der Waals surface area contributed by atoms with Gasteiger partial charge < -0.3 is 10.1 Å². The number of ether oxygens (including phenoxy) is 1. The van der Waals surface area contributed by atoms with E-state index in [1.807, 2.05) is 24.6 Å². The minimum Gasteiger partial charge on any atom is -0.381 e. The molecule has 1 unspecified atom stereocenters. The molecular weight excluding hydrogens is 242 g/mol. The fraction of sp³-hybridized carbons (Fsp3) is 0.714. The predicted molar refractivity (Wildman–Crippen MR) is 72.9 cm³/mol. The van der Waals surface area contributed by atoms with Crippen molar-refractivity contribution >= 4 is 5.91 Å². The highest BCUT2D eigenvalue weighted by atomic mass is 16.5. The highest BCUT2D eigenvalue weighted by Gasteiger charge is 2.17. The van der Waals surface area contributed by atoms with Crippen molar-refractivity contribution in [1.29, 1.82) is 0 Å². The number of nitrogens with zero attached hydrogens (tertiary/aromatic N) is 2. The Hall–Kier alpha value is -1.36. The van der Waals surface area contributed by atoms with E-state index < -0.39 is 0 Å². The number of rotatable bonds is 5. The second-order valence-electron chi connectivity index (χ2n) is 5.29. The fourth-order valence-electron chi connectivity index (χ4n) is 2.51. The third-order valence-corrected chi connectivity index (χ3v) is 3.48. The van der Waals surface area contributed by atoms with E-state index in [2.05, 4.69) is 10.4 Å². The maximum atomic E-state index is 11.8. The summed E-state index contributed by atoms with van der Waals surface area (Å²) >= 11 is 0. The summed E-state index contributed by atoms with van der Waals surface area (Å²) in [5.41, 5.74) is 2.15. The zero-order chi connectivity index (χ0) is 13.7. The molecule has 1 aromatic heterocycles. The molecule has 0 bridgehead atoms. The molecule has 19 heavy (non-hydrogen) atoms. The van der Waals surface area contributed by atoms with Gasteiger partial charge >= 0.3 is 0 Å². The quantitative estimate of drug-likeness (QED) is 0.876. The lowest BCUT2D eigenvalue weighted by Crippen LogP contribution is -2.31. The molecule has 2 rings (SSSR count). The average molecular weight is 265 g/mol. The SMILES string of the molecule is Cc1cc(C)n(CCNC(=O)CC2CCCOC2)n1. The molecule has 1 saturated heterocycles. The van der Waals surface area contributed by atoms with Crippen LogP contribution in [0.15, 0.2) is 6.07 Å². The monoisotopic (exact) mass is 265 g/mol. The summed E-state index contributed by atoms with van der Waals surface area (Å²) in [7, 11) is 0. The van der Waals surface area contributed by atoms with Gasteiger partial charge in [-0.2, -0.15) is 5.10 Å². The van der Waals surface area contributed by atoms with E-state index in [0.29, 0.717) is 18.9 Å². The van der Waals surface area contributed by atoms with Gasteiger partial charge in [0.25, 0.3) is 0 Å². The van der Waals surface area contributed by atoms with Gasteiger partial charge in [0.15, 0.2) is 0 Å². The normalized spacial score (nSPS) is 19.4. The first kappa shape index (κ1) is 14.1. The maximum Gasteiger partial charge on any atom is 0.220 e. The Morgan fingerprint density at radius 2 is 2.42 bits per heavy atom. The molecule has 0 aliphatic carbocycles. The van der Waals surface area contributed by atoms with E-state index in [1.54, 1.807) is 0 Å². The summed E-state index contributed by atoms with van der Waals surface area (Å²) in [6.07, 6.45) is 2.76. The third-order valence-electron chi connectivity index (χ3n) is 3.48. The molecule has 1 aliphatic rings. The van der Waals surface area contributed by atoms with Crippen LogP contribution in [-0.4, -0.2) is 35.4 Å². The average Bonchev–Trinajstić information content (AvgIpc) is 2.69. The molecule has 0 radical (unpaired) electrons. The molecule has 0 saturated carbocycles. The Labute approximate surface area is 114 Å². The first-order chi connectivity index (χ1) is 9.15. The van der Waals surface area contributed by atoms with Gasteiger partial charge in [-0.15, -0.1) is 0 Å². The van der Waals surface area contributed by atoms with Crippen LogP contribution in [0.2, 0.25) is 0 Å². The van der Waals surface area contributed by atoms with Gasteiger partial charge in [0.05, 0.1) is 12.2 Å². The second kappa shape index (κ2) is 6.70. The topological polar surface area (TPSA) is 56.2 Å². The van der Waals surface area contributed by atoms with Gasteiger partial charge in [0, 0.05) is 31.9 Å². The van der Waals surface area contributed by atoms with E-state index in [0.717, 1.165) is 44.0 Å². The van der Waals surface area contributed by atoms with Crippen LogP contribution in [0.5, 0.6) is 0 Å². The summed E-state index contributed by atoms with van der Waals surface area (Å²) in [4.78, 5) is 11.8. The standard InChI is InChI=1S/C14H23N3O2/c1-11-8-12(2)17(16-11)6-5-15-14(18)9-13-4-3-7-19-10-13/h8,13H,3-7,9-10H2,1-2H3,(H,15,18). The van der Waals surface area contributed by atoms with Gasteiger partial charge in [-0.05, 0) is 38.7 Å². The zero-order valence-corrected chi connectivity index (χ0v) is 11.8. The Morgan fingerprint density at radius 1 is 1.58 bits per heavy atom. The van der Waals surface area contributed by atoms with Gasteiger partial charge in [-0.1, -0.05) is 0 Å². The molecule has 1 fully saturated rings. The molecular formula is C14H23N3O2. The van der Waals surface area contributed by atoms with E-state index in [4.69, 9.17) is 4.74 Å². The number of aromatic nitrogens is 2. The smallest absolute Gasteiger partial charge is 0.220 e. The molecule has 5 heteroatoms. The van der Waals surface area contributed by atoms with Crippen molar-refractivity contribution in [2.75, 3.05) is 19.8 Å². The van der Waals surface area contributed by atoms with Crippen molar-refractivity contribution < 1.29 is 9.53 Å². The first-order valence-corrected chi connectivity index (χ1v) is 7.00. The van der Waals surface area contributed by atoms with Crippen LogP contribution in [0.3, 0.4) is 0 Å². The molecule has 0 spiro atoms. The van der Waals surface area contributed by atoms with Crippen molar-refractivity contribution in [3.63, 3.8) is 0 Å². The Balaban J connectivity index is 1.67. The number of carbonyl (C=O) groups excluding carboxylic acids is 1. The molecule has 0 aromatic carbocycles. The minimum absolute atomic E-state index is 0.122. The van der Waals surface area contributed by atoms with Crippen molar-refractivity contribution in [2.24, 2.45) is 5.92 Å². The molecule has 1 N–H and O–H groups in total. The van der Waals surface area contributed by atoms with Crippen molar-refractivity contribution in [1.82, 2.24) is 15.1 Å². The van der Waals surface area contributed by atoms with Crippen LogP contribution in [0.25, 0.3) is 0 Å². The van der Waals surface area contributed by atoms with Crippen LogP contribution < -0.4 is 5.32 Å². The largest absolute Gasteiger partial charge is 0.381 e. The molecule has 2 heterocycles. The molecule has 1 amide bonds. The number of amides is 1. The van der Waals surface area contributed by atoms with Crippen LogP contribution in [0.1, 0.15) is 30.7 Å². The fourth-order valence-corrected chi connectivity index (χ4v) is 2.51. The summed E-state index contributed by atoms with van der Waals surface area (Å²) in [5.74, 6) is 0.513. The van der Waals surface area contributed by atoms with Gasteiger partial charge in [-0.3, -0.25) is 9.48 Å². The molecule has 106 valence electrons. The number of hydrogen-bond acceptors (Lipinski definition) is 3. The van der Waals surface area contributed by atoms with E-state index in [-0.39, 0.29) is 5.91 Å². The zero-order valence-electron chi connectivity index (χ0n) is 11.8. The molecule has 1 atom stereocenters. The van der Waals surface area contributed by atoms with Crippen LogP contribution in [0, 0.1) is 19.8 Å². The summed E-state index contributed by atoms with van der Waals surface area (Å²) in [5, 5.41) is 7.33. The maximum absolute atomic E-state index is 11.8. The van der Waals surface area contributed by atoms with Gasteiger partial charge in [-0.25, -0.2) is 0 Å². The predicted octanol–water partition coefficient (Wildman–Crippen LogP) is 1.43. The van der Waals surface area contributed by atoms with E-state index >= 15 is 0 Å². The first-order valence-electron chi connectivity index (χ1n) is 7.00. The van der Waals surface area contributed by atoms with Crippen molar-refractivity contribution in [3.05, 3.63) is 17.5 Å². The van der Waals surface area contributed by atoms with Crippen molar-refractivity contribution in [3.8, 4) is 0 Å². The van der Waals surface area contributed by atoms with Crippen LogP contribution in [-0.2, 0) is 16.1 Å². The summed E-state index contributed by atoms with van der Waals surface area (Å²) in [6.45, 7) is 6.94. The van der Waals surface area contributed by atoms with Gasteiger partial charge in [0.2, 0.25) is 5.91 Å². The number of aryl methyl sites for hydroxylation is 2. The number of carbonyl (C=O) groups is 1. The molecule has 5 nitrogen and oxygen atoms in total. The second-order valence-corrected chi connectivity index (χ2v) is 5.29. The Bertz CT molecular complexity index is 422. The highest BCUT2D eigenvalue weighted by Crippen LogP contribution is 2.16. The van der Waals surface area contributed by atoms with Crippen molar-refractivity contribution in [2.45, 2.75) is 39.7 Å². The van der Waals surface area contributed by atoms with Crippen LogP contribution >= 0.6 is 0 Å². The third kappa shape index (κ3) is 4.35. The highest BCUT2D eigenvalue weighted by molar-refractivity contribution is 5.76. The number of nitrogens with one attached hydrogen (secondary N) is 1. The lowest BCUT2D eigenvalue weighted by atomic mass is 9.98. The van der Waals surface area contributed by atoms with E-state index in [1.165, 1.54) is 0 Å². The molecule has 1 aromatic rings. The summed E-state index contributed by atoms with van der Waals surface area (Å²) < 4.78 is 7.31. The lowest BCUT2D eigenvalue weighted by Gasteiger charge is -2.21. The van der Waals surface area contributed by atoms with E-state index in [9.17, 15) is 4.79 Å². The minimum atomic E-state index is 0.122. The lowest BCUT2D eigenvalue weighted by molar-refractivity contribution is -0.123. The number of hydrogen-bond donors (Lipinski definition) is 1. The molecule has 1 aliphatic heterocycles. The van der Waals surface area contributed by atoms with Crippen LogP contribution in [0.4, 0.5) is 0 Å². The Morgan fingerprint density at radius 3 is 3.05 bits per heavy atom.